The Bertz CT molecular complexity index is 6.00. The van der Waals surface area contributed by atoms with Crippen LogP contribution in [0.15, 0.2) is 0 Å². The third kappa shape index (κ3) is 9.22. The molecule has 0 aromatic carbocycles. The molecule has 0 heterocycles. The average Bonchev–Trinajstić information content (AvgIpc) is 0. The summed E-state index contributed by atoms with van der Waals surface area (Å²) in [5, 5.41) is 0. The molecule has 0 bridgehead atoms. The molecule has 0 unspecified atom stereocenters. The molecule has 0 saturated heterocycles. The van der Waals surface area contributed by atoms with Crippen molar-refractivity contribution in [2.75, 3.05) is 0 Å². The number of rotatable bonds is 0. The van der Waals surface area contributed by atoms with E-state index in [0.717, 1.165) is 0 Å². The third-order valence-electron chi connectivity index (χ3n) is 0. The first-order chi connectivity index (χ1) is 0. The topological polar surface area (TPSA) is 63.0 Å². The van der Waals surface area contributed by atoms with Gasteiger partial charge in [-0.25, -0.2) is 0 Å². The van der Waals surface area contributed by atoms with Crippen LogP contribution in [0.3, 0.4) is 0 Å². The molecular formula is H7CaLiO2. The number of hydrogen-bond donors (Lipinski definition) is 0. The van der Waals surface area contributed by atoms with Gasteiger partial charge < -0.3 is 11.0 Å². The van der Waals surface area contributed by atoms with Crippen LogP contribution in [-0.2, 0) is 0 Å². The second kappa shape index (κ2) is 21.6. The molecule has 0 aliphatic rings. The van der Waals surface area contributed by atoms with Crippen LogP contribution in [0.1, 0.15) is 0 Å². The van der Waals surface area contributed by atoms with Crippen molar-refractivity contribution in [2.45, 2.75) is 0 Å². The van der Waals surface area contributed by atoms with Gasteiger partial charge in [-0.2, -0.15) is 0 Å². The molecule has 4 heavy (non-hydrogen) atoms. The molecule has 2 nitrogen and oxygen atoms in total. The minimum absolute atomic E-state index is 0. The van der Waals surface area contributed by atoms with Crippen molar-refractivity contribution in [3.63, 3.8) is 0 Å². The van der Waals surface area contributed by atoms with Crippen molar-refractivity contribution in [1.82, 2.24) is 0 Å². The standard InChI is InChI=1S/Ca.Li.2H2O.3H/h;;2*1H2;;;. The summed E-state index contributed by atoms with van der Waals surface area (Å²) in [4.78, 5) is 0. The van der Waals surface area contributed by atoms with Gasteiger partial charge in [-0.1, -0.05) is 0 Å². The van der Waals surface area contributed by atoms with E-state index in [1.54, 1.807) is 0 Å². The van der Waals surface area contributed by atoms with Crippen LogP contribution in [0.5, 0.6) is 0 Å². The molecule has 0 amide bonds. The van der Waals surface area contributed by atoms with Gasteiger partial charge in [0, 0.05) is 0 Å². The Morgan fingerprint density at radius 1 is 0.750 bits per heavy atom. The van der Waals surface area contributed by atoms with Crippen LogP contribution in [0.25, 0.3) is 0 Å². The SMILES string of the molecule is O.O.[CaH2].[LiH]. The Morgan fingerprint density at radius 3 is 0.750 bits per heavy atom. The molecule has 0 fully saturated rings. The summed E-state index contributed by atoms with van der Waals surface area (Å²) in [5.41, 5.74) is 0. The van der Waals surface area contributed by atoms with Crippen molar-refractivity contribution in [1.29, 1.82) is 0 Å². The summed E-state index contributed by atoms with van der Waals surface area (Å²) in [7, 11) is 0. The summed E-state index contributed by atoms with van der Waals surface area (Å²) < 4.78 is 0. The predicted molar refractivity (Wildman–Crippen MR) is 22.9 cm³/mol. The first-order valence-electron chi connectivity index (χ1n) is 0. The molecule has 0 atom stereocenters. The van der Waals surface area contributed by atoms with Gasteiger partial charge in [0.15, 0.2) is 0 Å². The van der Waals surface area contributed by atoms with Crippen molar-refractivity contribution < 1.29 is 11.0 Å². The molecule has 0 spiro atoms. The zero-order valence-corrected chi connectivity index (χ0v) is 1.00. The zero-order chi connectivity index (χ0) is 0. The van der Waals surface area contributed by atoms with Gasteiger partial charge in [0.1, 0.15) is 0 Å². The summed E-state index contributed by atoms with van der Waals surface area (Å²) in [5.74, 6) is 0. The summed E-state index contributed by atoms with van der Waals surface area (Å²) in [6, 6.07) is 0. The molecule has 0 aliphatic heterocycles. The van der Waals surface area contributed by atoms with Crippen LogP contribution in [0, 0.1) is 0 Å². The zero-order valence-electron chi connectivity index (χ0n) is 1.00. The molecule has 0 rings (SSSR count). The monoisotopic (exact) mass is 86.0 g/mol. The van der Waals surface area contributed by atoms with Crippen LogP contribution >= 0.6 is 0 Å². The molecule has 22 valence electrons. The van der Waals surface area contributed by atoms with Crippen molar-refractivity contribution in [3.8, 4) is 0 Å². The minimum atomic E-state index is 0. The Kier molecular flexibility index (Phi) is 225. The van der Waals surface area contributed by atoms with E-state index < -0.39 is 0 Å². The first-order valence-corrected chi connectivity index (χ1v) is 0. The average molecular weight is 86.1 g/mol. The Morgan fingerprint density at radius 2 is 0.750 bits per heavy atom. The second-order valence-electron chi connectivity index (χ2n) is 0. The first kappa shape index (κ1) is 41.7. The van der Waals surface area contributed by atoms with Gasteiger partial charge in [-0.05, 0) is 0 Å². The Labute approximate surface area is 66.7 Å². The molecule has 0 radical (unpaired) electrons. The fourth-order valence-corrected chi connectivity index (χ4v) is 0. The fraction of sp³-hybridized carbons (Fsp3) is 0. The molecule has 0 aliphatic carbocycles. The van der Waals surface area contributed by atoms with Crippen LogP contribution in [0.4, 0.5) is 0 Å². The molecule has 4 heteroatoms. The Balaban J connectivity index is 0. The van der Waals surface area contributed by atoms with E-state index in [1.807, 2.05) is 0 Å². The van der Waals surface area contributed by atoms with E-state index in [1.165, 1.54) is 0 Å². The van der Waals surface area contributed by atoms with Crippen molar-refractivity contribution in [3.05, 3.63) is 0 Å². The van der Waals surface area contributed by atoms with E-state index in [9.17, 15) is 0 Å². The molecular weight excluding hydrogens is 79.0 g/mol. The van der Waals surface area contributed by atoms with E-state index in [2.05, 4.69) is 0 Å². The normalized spacial score (nSPS) is 0. The van der Waals surface area contributed by atoms with E-state index in [-0.39, 0.29) is 67.6 Å². The van der Waals surface area contributed by atoms with Gasteiger partial charge in [0.25, 0.3) is 0 Å². The van der Waals surface area contributed by atoms with Gasteiger partial charge in [-0.3, -0.25) is 0 Å². The summed E-state index contributed by atoms with van der Waals surface area (Å²) in [6.45, 7) is 0. The van der Waals surface area contributed by atoms with Crippen molar-refractivity contribution >= 4 is 56.6 Å². The van der Waals surface area contributed by atoms with Crippen LogP contribution in [0.2, 0.25) is 0 Å². The summed E-state index contributed by atoms with van der Waals surface area (Å²) >= 11 is 0. The van der Waals surface area contributed by atoms with E-state index in [4.69, 9.17) is 0 Å². The number of hydrogen-bond acceptors (Lipinski definition) is 0. The fourth-order valence-electron chi connectivity index (χ4n) is 0. The van der Waals surface area contributed by atoms with Crippen LogP contribution < -0.4 is 0 Å². The third-order valence-corrected chi connectivity index (χ3v) is 0. The van der Waals surface area contributed by atoms with Gasteiger partial charge in [0.2, 0.25) is 0 Å². The predicted octanol–water partition coefficient (Wildman–Crippen LogP) is -3.21. The van der Waals surface area contributed by atoms with Gasteiger partial charge in [0.05, 0.1) is 0 Å². The molecule has 0 saturated carbocycles. The van der Waals surface area contributed by atoms with E-state index in [0.29, 0.717) is 0 Å². The Hall–Kier alpha value is 1.78. The van der Waals surface area contributed by atoms with Crippen molar-refractivity contribution in [2.24, 2.45) is 0 Å². The molecule has 0 aromatic heterocycles. The quantitative estimate of drug-likeness (QED) is 0.278. The van der Waals surface area contributed by atoms with Gasteiger partial charge >= 0.3 is 56.6 Å². The molecule has 0 aromatic rings. The maximum atomic E-state index is 0. The van der Waals surface area contributed by atoms with Gasteiger partial charge in [-0.15, -0.1) is 0 Å². The second-order valence-corrected chi connectivity index (χ2v) is 0. The summed E-state index contributed by atoms with van der Waals surface area (Å²) in [6.07, 6.45) is 0. The maximum absolute atomic E-state index is 0. The molecule has 4 N–H and O–H groups in total. The van der Waals surface area contributed by atoms with E-state index >= 15 is 0 Å². The van der Waals surface area contributed by atoms with Crippen LogP contribution in [-0.4, -0.2) is 67.6 Å².